The van der Waals surface area contributed by atoms with Crippen LogP contribution in [-0.4, -0.2) is 18.7 Å². The van der Waals surface area contributed by atoms with Gasteiger partial charge >= 0.3 is 5.97 Å². The molecule has 2 aromatic rings. The van der Waals surface area contributed by atoms with Crippen LogP contribution in [0.3, 0.4) is 0 Å². The van der Waals surface area contributed by atoms with Crippen molar-refractivity contribution in [2.24, 2.45) is 0 Å². The lowest BCUT2D eigenvalue weighted by molar-refractivity contribution is -0.143. The van der Waals surface area contributed by atoms with Gasteiger partial charge in [0.2, 0.25) is 0 Å². The fourth-order valence-electron chi connectivity index (χ4n) is 1.86. The van der Waals surface area contributed by atoms with E-state index in [2.05, 4.69) is 0 Å². The molecule has 0 saturated heterocycles. The first-order valence-electron chi connectivity index (χ1n) is 7.30. The highest BCUT2D eigenvalue weighted by Crippen LogP contribution is 2.17. The number of hydrogen-bond donors (Lipinski definition) is 0. The topological polar surface area (TPSA) is 44.8 Å². The summed E-state index contributed by atoms with van der Waals surface area (Å²) in [6.45, 7) is 3.79. The lowest BCUT2D eigenvalue weighted by Crippen LogP contribution is -2.20. The molecule has 1 atom stereocenters. The summed E-state index contributed by atoms with van der Waals surface area (Å²) in [7, 11) is 0. The monoisotopic (exact) mass is 318 g/mol. The van der Waals surface area contributed by atoms with Gasteiger partial charge in [0.05, 0.1) is 0 Å². The number of halogens is 1. The molecule has 4 nitrogen and oxygen atoms in total. The van der Waals surface area contributed by atoms with Gasteiger partial charge in [-0.2, -0.15) is 0 Å². The Morgan fingerprint density at radius 2 is 1.65 bits per heavy atom. The molecule has 0 aliphatic rings. The molecule has 0 saturated carbocycles. The van der Waals surface area contributed by atoms with E-state index >= 15 is 0 Å². The summed E-state index contributed by atoms with van der Waals surface area (Å²) < 4.78 is 28.9. The smallest absolute Gasteiger partial charge is 0.302 e. The van der Waals surface area contributed by atoms with E-state index in [1.165, 1.54) is 19.1 Å². The van der Waals surface area contributed by atoms with Crippen LogP contribution in [0.2, 0.25) is 0 Å². The van der Waals surface area contributed by atoms with E-state index in [1.807, 2.05) is 31.2 Å². The molecule has 1 unspecified atom stereocenters. The van der Waals surface area contributed by atoms with Crippen LogP contribution in [0, 0.1) is 5.82 Å². The maximum absolute atomic E-state index is 12.8. The van der Waals surface area contributed by atoms with E-state index in [0.29, 0.717) is 18.1 Å². The molecular weight excluding hydrogens is 299 g/mol. The van der Waals surface area contributed by atoms with Crippen LogP contribution in [0.15, 0.2) is 48.5 Å². The van der Waals surface area contributed by atoms with Crippen molar-refractivity contribution in [2.45, 2.75) is 26.6 Å². The minimum absolute atomic E-state index is 0.213. The summed E-state index contributed by atoms with van der Waals surface area (Å²) in [5.41, 5.74) is 0.967. The third-order valence-corrected chi connectivity index (χ3v) is 3.00. The first-order chi connectivity index (χ1) is 11.0. The highest BCUT2D eigenvalue weighted by molar-refractivity contribution is 5.65. The summed E-state index contributed by atoms with van der Waals surface area (Å²) >= 11 is 0. The Hall–Kier alpha value is -2.56. The number of carbonyl (C=O) groups is 1. The van der Waals surface area contributed by atoms with Gasteiger partial charge in [0.15, 0.2) is 0 Å². The van der Waals surface area contributed by atoms with Crippen molar-refractivity contribution in [2.75, 3.05) is 6.61 Å². The van der Waals surface area contributed by atoms with Gasteiger partial charge in [-0.05, 0) is 48.9 Å². The number of esters is 1. The second kappa shape index (κ2) is 8.17. The van der Waals surface area contributed by atoms with E-state index in [0.717, 1.165) is 5.56 Å². The molecular formula is C18H19FO4. The number of benzene rings is 2. The van der Waals surface area contributed by atoms with Gasteiger partial charge in [0.1, 0.15) is 36.6 Å². The maximum Gasteiger partial charge on any atom is 0.302 e. The standard InChI is InChI=1S/C18H19FO4/c1-13(11-21-14(2)20)23-18-7-3-15(4-8-18)12-22-17-9-5-16(19)6-10-17/h3-10,13H,11-12H2,1-2H3. The average Bonchev–Trinajstić information content (AvgIpc) is 2.54. The molecule has 0 N–H and O–H groups in total. The van der Waals surface area contributed by atoms with E-state index in [-0.39, 0.29) is 24.5 Å². The summed E-state index contributed by atoms with van der Waals surface area (Å²) in [4.78, 5) is 10.7. The predicted octanol–water partition coefficient (Wildman–Crippen LogP) is 3.74. The molecule has 0 radical (unpaired) electrons. The molecule has 0 aliphatic carbocycles. The van der Waals surface area contributed by atoms with Crippen molar-refractivity contribution < 1.29 is 23.4 Å². The first kappa shape index (κ1) is 16.8. The zero-order valence-electron chi connectivity index (χ0n) is 13.1. The van der Waals surface area contributed by atoms with E-state index in [4.69, 9.17) is 14.2 Å². The van der Waals surface area contributed by atoms with Crippen molar-refractivity contribution >= 4 is 5.97 Å². The van der Waals surface area contributed by atoms with Crippen LogP contribution in [0.1, 0.15) is 19.4 Å². The maximum atomic E-state index is 12.8. The first-order valence-corrected chi connectivity index (χ1v) is 7.30. The van der Waals surface area contributed by atoms with E-state index < -0.39 is 0 Å². The summed E-state index contributed by atoms with van der Waals surface area (Å²) in [6.07, 6.45) is -0.222. The molecule has 0 bridgehead atoms. The highest BCUT2D eigenvalue weighted by atomic mass is 19.1. The third-order valence-electron chi connectivity index (χ3n) is 3.00. The molecule has 2 aromatic carbocycles. The Morgan fingerprint density at radius 1 is 1.04 bits per heavy atom. The summed E-state index contributed by atoms with van der Waals surface area (Å²) in [5, 5.41) is 0. The van der Waals surface area contributed by atoms with Crippen molar-refractivity contribution in [3.8, 4) is 11.5 Å². The molecule has 5 heteroatoms. The minimum atomic E-state index is -0.325. The number of rotatable bonds is 7. The Morgan fingerprint density at radius 3 is 2.26 bits per heavy atom. The molecule has 0 spiro atoms. The van der Waals surface area contributed by atoms with Gasteiger partial charge in [0, 0.05) is 6.92 Å². The molecule has 0 heterocycles. The van der Waals surface area contributed by atoms with Crippen LogP contribution in [0.5, 0.6) is 11.5 Å². The molecule has 0 aliphatic heterocycles. The highest BCUT2D eigenvalue weighted by Gasteiger charge is 2.06. The van der Waals surface area contributed by atoms with Gasteiger partial charge in [-0.15, -0.1) is 0 Å². The molecule has 0 aromatic heterocycles. The van der Waals surface area contributed by atoms with Gasteiger partial charge in [-0.1, -0.05) is 12.1 Å². The Balaban J connectivity index is 1.82. The molecule has 23 heavy (non-hydrogen) atoms. The van der Waals surface area contributed by atoms with Crippen LogP contribution < -0.4 is 9.47 Å². The van der Waals surface area contributed by atoms with Crippen molar-refractivity contribution in [1.82, 2.24) is 0 Å². The predicted molar refractivity (Wildman–Crippen MR) is 83.9 cm³/mol. The van der Waals surface area contributed by atoms with Gasteiger partial charge < -0.3 is 14.2 Å². The van der Waals surface area contributed by atoms with Crippen LogP contribution >= 0.6 is 0 Å². The normalized spacial score (nSPS) is 11.6. The van der Waals surface area contributed by atoms with Crippen LogP contribution in [0.25, 0.3) is 0 Å². The summed E-state index contributed by atoms with van der Waals surface area (Å²) in [5.74, 6) is 0.687. The van der Waals surface area contributed by atoms with Crippen molar-refractivity contribution in [3.63, 3.8) is 0 Å². The Kier molecular flexibility index (Phi) is 5.97. The number of carbonyl (C=O) groups excluding carboxylic acids is 1. The Labute approximate surface area is 134 Å². The fraction of sp³-hybridized carbons (Fsp3) is 0.278. The lowest BCUT2D eigenvalue weighted by atomic mass is 10.2. The number of hydrogen-bond acceptors (Lipinski definition) is 4. The van der Waals surface area contributed by atoms with Crippen LogP contribution in [-0.2, 0) is 16.1 Å². The second-order valence-electron chi connectivity index (χ2n) is 5.12. The van der Waals surface area contributed by atoms with E-state index in [9.17, 15) is 9.18 Å². The third kappa shape index (κ3) is 5.98. The SMILES string of the molecule is CC(=O)OCC(C)Oc1ccc(COc2ccc(F)cc2)cc1. The van der Waals surface area contributed by atoms with Gasteiger partial charge in [-0.25, -0.2) is 4.39 Å². The Bertz CT molecular complexity index is 622. The molecule has 122 valence electrons. The van der Waals surface area contributed by atoms with Crippen molar-refractivity contribution in [1.29, 1.82) is 0 Å². The largest absolute Gasteiger partial charge is 0.489 e. The summed E-state index contributed by atoms with van der Waals surface area (Å²) in [6, 6.07) is 13.3. The zero-order valence-corrected chi connectivity index (χ0v) is 13.1. The lowest BCUT2D eigenvalue weighted by Gasteiger charge is -2.14. The number of ether oxygens (including phenoxy) is 3. The molecule has 0 fully saturated rings. The zero-order chi connectivity index (χ0) is 16.7. The minimum Gasteiger partial charge on any atom is -0.489 e. The second-order valence-corrected chi connectivity index (χ2v) is 5.12. The van der Waals surface area contributed by atoms with Gasteiger partial charge in [-0.3, -0.25) is 4.79 Å². The fourth-order valence-corrected chi connectivity index (χ4v) is 1.86. The van der Waals surface area contributed by atoms with Gasteiger partial charge in [0.25, 0.3) is 0 Å². The molecule has 2 rings (SSSR count). The average molecular weight is 318 g/mol. The molecule has 0 amide bonds. The quantitative estimate of drug-likeness (QED) is 0.730. The van der Waals surface area contributed by atoms with Crippen LogP contribution in [0.4, 0.5) is 4.39 Å². The van der Waals surface area contributed by atoms with Crippen molar-refractivity contribution in [3.05, 3.63) is 59.9 Å². The van der Waals surface area contributed by atoms with E-state index in [1.54, 1.807) is 12.1 Å².